The summed E-state index contributed by atoms with van der Waals surface area (Å²) in [6, 6.07) is 13.5. The summed E-state index contributed by atoms with van der Waals surface area (Å²) in [5.74, 6) is 0.314. The number of aromatic nitrogens is 4. The fourth-order valence-corrected chi connectivity index (χ4v) is 2.66. The molecular weight excluding hydrogens is 324 g/mol. The van der Waals surface area contributed by atoms with Crippen molar-refractivity contribution in [2.75, 3.05) is 5.43 Å². The van der Waals surface area contributed by atoms with Crippen LogP contribution in [0.4, 0.5) is 5.95 Å². The van der Waals surface area contributed by atoms with Crippen LogP contribution in [-0.2, 0) is 0 Å². The molecule has 0 spiro atoms. The molecule has 0 aliphatic heterocycles. The Morgan fingerprint density at radius 2 is 2.04 bits per heavy atom. The molecule has 4 rings (SSSR count). The molecular formula is C17H13ClN6. The monoisotopic (exact) mass is 336 g/mol. The second kappa shape index (κ2) is 5.90. The van der Waals surface area contributed by atoms with Crippen molar-refractivity contribution in [1.29, 1.82) is 0 Å². The second-order valence-electron chi connectivity index (χ2n) is 5.40. The third kappa shape index (κ3) is 2.68. The van der Waals surface area contributed by atoms with E-state index in [1.54, 1.807) is 12.3 Å². The Bertz CT molecular complexity index is 1070. The lowest BCUT2D eigenvalue weighted by Gasteiger charge is -1.98. The molecule has 0 radical (unpaired) electrons. The van der Waals surface area contributed by atoms with E-state index in [0.29, 0.717) is 16.6 Å². The van der Waals surface area contributed by atoms with Crippen molar-refractivity contribution < 1.29 is 0 Å². The maximum atomic E-state index is 6.07. The molecule has 0 aliphatic rings. The third-order valence-corrected chi connectivity index (χ3v) is 3.99. The molecule has 2 aromatic heterocycles. The smallest absolute Gasteiger partial charge is 0.265 e. The molecule has 2 heterocycles. The van der Waals surface area contributed by atoms with Crippen molar-refractivity contribution in [2.24, 2.45) is 5.10 Å². The van der Waals surface area contributed by atoms with Crippen molar-refractivity contribution in [3.63, 3.8) is 0 Å². The van der Waals surface area contributed by atoms with Crippen LogP contribution in [0.1, 0.15) is 11.1 Å². The van der Waals surface area contributed by atoms with Gasteiger partial charge in [0.25, 0.3) is 5.95 Å². The largest absolute Gasteiger partial charge is 0.338 e. The molecule has 0 atom stereocenters. The molecule has 0 bridgehead atoms. The molecule has 2 aromatic carbocycles. The Morgan fingerprint density at radius 1 is 1.17 bits per heavy atom. The number of aryl methyl sites for hydroxylation is 1. The summed E-state index contributed by atoms with van der Waals surface area (Å²) in [5.41, 5.74) is 7.14. The van der Waals surface area contributed by atoms with Gasteiger partial charge in [0.1, 0.15) is 5.52 Å². The van der Waals surface area contributed by atoms with Gasteiger partial charge in [0.05, 0.1) is 6.21 Å². The standard InChI is InChI=1S/C17H13ClN6/c1-10-6-7-14-12(8-10)15-16(20-14)21-17(24-22-15)23-19-9-11-4-2-3-5-13(11)18/h2-9H,1H3,(H2,20,21,23,24)/b19-9+. The first-order valence-corrected chi connectivity index (χ1v) is 7.75. The molecule has 0 fully saturated rings. The fourth-order valence-electron chi connectivity index (χ4n) is 2.47. The predicted octanol–water partition coefficient (Wildman–Crippen LogP) is 3.91. The highest BCUT2D eigenvalue weighted by Crippen LogP contribution is 2.23. The van der Waals surface area contributed by atoms with Crippen LogP contribution in [0, 0.1) is 6.92 Å². The summed E-state index contributed by atoms with van der Waals surface area (Å²) in [6.45, 7) is 2.04. The first-order chi connectivity index (χ1) is 11.7. The number of aromatic amines is 1. The molecule has 6 nitrogen and oxygen atoms in total. The van der Waals surface area contributed by atoms with E-state index >= 15 is 0 Å². The molecule has 118 valence electrons. The van der Waals surface area contributed by atoms with Gasteiger partial charge in [-0.05, 0) is 25.1 Å². The highest BCUT2D eigenvalue weighted by Gasteiger charge is 2.08. The van der Waals surface area contributed by atoms with E-state index in [1.807, 2.05) is 37.3 Å². The zero-order valence-corrected chi connectivity index (χ0v) is 13.5. The van der Waals surface area contributed by atoms with Crippen molar-refractivity contribution in [3.05, 3.63) is 58.6 Å². The van der Waals surface area contributed by atoms with Crippen LogP contribution < -0.4 is 5.43 Å². The number of hydrazone groups is 1. The minimum absolute atomic E-state index is 0.314. The minimum atomic E-state index is 0.314. The first-order valence-electron chi connectivity index (χ1n) is 7.37. The Kier molecular flexibility index (Phi) is 3.59. The van der Waals surface area contributed by atoms with Crippen molar-refractivity contribution >= 4 is 45.8 Å². The van der Waals surface area contributed by atoms with E-state index in [-0.39, 0.29) is 0 Å². The normalized spacial score (nSPS) is 11.6. The molecule has 0 saturated heterocycles. The number of nitrogens with one attached hydrogen (secondary N) is 2. The maximum Gasteiger partial charge on any atom is 0.265 e. The number of hydrogen-bond acceptors (Lipinski definition) is 5. The summed E-state index contributed by atoms with van der Waals surface area (Å²) >= 11 is 6.07. The quantitative estimate of drug-likeness (QED) is 0.439. The van der Waals surface area contributed by atoms with Gasteiger partial charge in [-0.1, -0.05) is 41.4 Å². The highest BCUT2D eigenvalue weighted by atomic mass is 35.5. The van der Waals surface area contributed by atoms with Gasteiger partial charge in [-0.15, -0.1) is 10.2 Å². The van der Waals surface area contributed by atoms with Gasteiger partial charge in [0, 0.05) is 21.5 Å². The Balaban J connectivity index is 1.63. The molecule has 4 aromatic rings. The lowest BCUT2D eigenvalue weighted by molar-refractivity contribution is 1.01. The number of nitrogens with zero attached hydrogens (tertiary/aromatic N) is 4. The Hall–Kier alpha value is -2.99. The SMILES string of the molecule is Cc1ccc2[nH]c3nc(N/N=C/c4ccccc4Cl)nnc3c2c1. The van der Waals surface area contributed by atoms with Gasteiger partial charge < -0.3 is 4.98 Å². The average Bonchev–Trinajstić information content (AvgIpc) is 2.94. The summed E-state index contributed by atoms with van der Waals surface area (Å²) < 4.78 is 0. The molecule has 2 N–H and O–H groups in total. The first kappa shape index (κ1) is 14.6. The van der Waals surface area contributed by atoms with Crippen molar-refractivity contribution in [3.8, 4) is 0 Å². The van der Waals surface area contributed by atoms with E-state index in [2.05, 4.69) is 36.8 Å². The lowest BCUT2D eigenvalue weighted by Crippen LogP contribution is -1.99. The van der Waals surface area contributed by atoms with Gasteiger partial charge in [0.2, 0.25) is 0 Å². The number of hydrogen-bond donors (Lipinski definition) is 2. The van der Waals surface area contributed by atoms with E-state index < -0.39 is 0 Å². The lowest BCUT2D eigenvalue weighted by atomic mass is 10.2. The Labute approximate surface area is 142 Å². The van der Waals surface area contributed by atoms with Gasteiger partial charge in [-0.25, -0.2) is 5.43 Å². The van der Waals surface area contributed by atoms with Crippen LogP contribution in [0.15, 0.2) is 47.6 Å². The van der Waals surface area contributed by atoms with Crippen LogP contribution >= 0.6 is 11.6 Å². The van der Waals surface area contributed by atoms with Gasteiger partial charge in [0.15, 0.2) is 5.65 Å². The van der Waals surface area contributed by atoms with Crippen LogP contribution in [0.5, 0.6) is 0 Å². The average molecular weight is 337 g/mol. The molecule has 0 aliphatic carbocycles. The molecule has 7 heteroatoms. The van der Waals surface area contributed by atoms with Crippen LogP contribution in [0.25, 0.3) is 22.1 Å². The number of fused-ring (bicyclic) bond motifs is 3. The number of H-pyrrole nitrogens is 1. The summed E-state index contributed by atoms with van der Waals surface area (Å²) in [4.78, 5) is 7.64. The van der Waals surface area contributed by atoms with E-state index in [1.165, 1.54) is 0 Å². The molecule has 0 amide bonds. The zero-order valence-electron chi connectivity index (χ0n) is 12.8. The minimum Gasteiger partial charge on any atom is -0.338 e. The number of benzene rings is 2. The molecule has 24 heavy (non-hydrogen) atoms. The molecule has 0 saturated carbocycles. The van der Waals surface area contributed by atoms with E-state index in [4.69, 9.17) is 11.6 Å². The van der Waals surface area contributed by atoms with Crippen molar-refractivity contribution in [1.82, 2.24) is 20.2 Å². The van der Waals surface area contributed by atoms with Crippen LogP contribution in [0.2, 0.25) is 5.02 Å². The topological polar surface area (TPSA) is 78.9 Å². The summed E-state index contributed by atoms with van der Waals surface area (Å²) in [7, 11) is 0. The highest BCUT2D eigenvalue weighted by molar-refractivity contribution is 6.33. The Morgan fingerprint density at radius 3 is 2.92 bits per heavy atom. The zero-order chi connectivity index (χ0) is 16.5. The van der Waals surface area contributed by atoms with Gasteiger partial charge in [-0.2, -0.15) is 10.1 Å². The van der Waals surface area contributed by atoms with Crippen LogP contribution in [-0.4, -0.2) is 26.4 Å². The summed E-state index contributed by atoms with van der Waals surface area (Å²) in [6.07, 6.45) is 1.62. The predicted molar refractivity (Wildman–Crippen MR) is 96.6 cm³/mol. The van der Waals surface area contributed by atoms with E-state index in [9.17, 15) is 0 Å². The van der Waals surface area contributed by atoms with Crippen LogP contribution in [0.3, 0.4) is 0 Å². The number of rotatable bonds is 3. The third-order valence-electron chi connectivity index (χ3n) is 3.64. The number of halogens is 1. The van der Waals surface area contributed by atoms with Gasteiger partial charge >= 0.3 is 0 Å². The maximum absolute atomic E-state index is 6.07. The summed E-state index contributed by atoms with van der Waals surface area (Å²) in [5, 5.41) is 14.1. The van der Waals surface area contributed by atoms with Gasteiger partial charge in [-0.3, -0.25) is 0 Å². The fraction of sp³-hybridized carbons (Fsp3) is 0.0588. The van der Waals surface area contributed by atoms with Crippen molar-refractivity contribution in [2.45, 2.75) is 6.92 Å². The van der Waals surface area contributed by atoms with E-state index in [0.717, 1.165) is 27.5 Å². The molecule has 0 unspecified atom stereocenters. The number of anilines is 1. The second-order valence-corrected chi connectivity index (χ2v) is 5.81.